The number of esters is 1. The van der Waals surface area contributed by atoms with Gasteiger partial charge in [0, 0.05) is 11.6 Å². The van der Waals surface area contributed by atoms with E-state index < -0.39 is 0 Å². The van der Waals surface area contributed by atoms with Crippen LogP contribution in [-0.2, 0) is 9.53 Å². The van der Waals surface area contributed by atoms with E-state index >= 15 is 0 Å². The van der Waals surface area contributed by atoms with Gasteiger partial charge < -0.3 is 9.26 Å². The quantitative estimate of drug-likeness (QED) is 0.530. The Morgan fingerprint density at radius 1 is 1.22 bits per heavy atom. The number of carbonyl (C=O) groups is 1. The van der Waals surface area contributed by atoms with E-state index in [1.165, 1.54) is 11.6 Å². The zero-order valence-corrected chi connectivity index (χ0v) is 13.1. The lowest BCUT2D eigenvalue weighted by molar-refractivity contribution is -0.137. The highest BCUT2D eigenvalue weighted by atomic mass is 16.5. The average Bonchev–Trinajstić information content (AvgIpc) is 2.97. The summed E-state index contributed by atoms with van der Waals surface area (Å²) in [6, 6.07) is 13.8. The molecule has 0 unspecified atom stereocenters. The number of ether oxygens (including phenoxy) is 1. The number of rotatable bonds is 4. The number of hydrogen-bond donors (Lipinski definition) is 0. The topological polar surface area (TPSA) is 52.3 Å². The minimum absolute atomic E-state index is 0.350. The maximum Gasteiger partial charge on any atom is 0.330 e. The van der Waals surface area contributed by atoms with E-state index in [1.54, 1.807) is 13.0 Å². The SMILES string of the molecule is CCOC(=O)/C=C/c1ccc2noc(-c3ccc(C)cc3)c2c1. The van der Waals surface area contributed by atoms with E-state index in [1.807, 2.05) is 49.4 Å². The molecule has 0 saturated carbocycles. The third kappa shape index (κ3) is 3.31. The Morgan fingerprint density at radius 3 is 2.74 bits per heavy atom. The van der Waals surface area contributed by atoms with E-state index in [4.69, 9.17) is 9.26 Å². The fourth-order valence-electron chi connectivity index (χ4n) is 2.33. The van der Waals surface area contributed by atoms with Gasteiger partial charge in [0.25, 0.3) is 0 Å². The number of carbonyl (C=O) groups excluding carboxylic acids is 1. The first-order valence-electron chi connectivity index (χ1n) is 7.48. The van der Waals surface area contributed by atoms with Gasteiger partial charge in [-0.3, -0.25) is 0 Å². The van der Waals surface area contributed by atoms with E-state index in [0.29, 0.717) is 6.61 Å². The van der Waals surface area contributed by atoms with E-state index in [-0.39, 0.29) is 5.97 Å². The molecule has 0 amide bonds. The smallest absolute Gasteiger partial charge is 0.330 e. The molecule has 0 atom stereocenters. The van der Waals surface area contributed by atoms with Crippen LogP contribution in [0.3, 0.4) is 0 Å². The molecule has 4 nitrogen and oxygen atoms in total. The lowest BCUT2D eigenvalue weighted by Crippen LogP contribution is -1.98. The monoisotopic (exact) mass is 307 g/mol. The predicted octanol–water partition coefficient (Wildman–Crippen LogP) is 4.38. The van der Waals surface area contributed by atoms with E-state index in [0.717, 1.165) is 27.8 Å². The molecular weight excluding hydrogens is 290 g/mol. The second-order valence-electron chi connectivity index (χ2n) is 5.24. The summed E-state index contributed by atoms with van der Waals surface area (Å²) in [5.74, 6) is 0.378. The van der Waals surface area contributed by atoms with Crippen LogP contribution in [0, 0.1) is 6.92 Å². The molecular formula is C19H17NO3. The Balaban J connectivity index is 1.97. The highest BCUT2D eigenvalue weighted by molar-refractivity contribution is 5.94. The first-order valence-corrected chi connectivity index (χ1v) is 7.48. The van der Waals surface area contributed by atoms with Crippen LogP contribution in [0.15, 0.2) is 53.1 Å². The molecule has 0 radical (unpaired) electrons. The Labute approximate surface area is 134 Å². The molecule has 4 heteroatoms. The number of aryl methyl sites for hydroxylation is 1. The summed E-state index contributed by atoms with van der Waals surface area (Å²) in [7, 11) is 0. The molecule has 1 aromatic heterocycles. The summed E-state index contributed by atoms with van der Waals surface area (Å²) >= 11 is 0. The molecule has 0 aliphatic heterocycles. The van der Waals surface area contributed by atoms with Crippen LogP contribution < -0.4 is 0 Å². The van der Waals surface area contributed by atoms with Gasteiger partial charge in [-0.15, -0.1) is 0 Å². The zero-order valence-electron chi connectivity index (χ0n) is 13.1. The highest BCUT2D eigenvalue weighted by Crippen LogP contribution is 2.29. The lowest BCUT2D eigenvalue weighted by Gasteiger charge is -1.99. The van der Waals surface area contributed by atoms with Crippen molar-refractivity contribution in [1.29, 1.82) is 0 Å². The molecule has 23 heavy (non-hydrogen) atoms. The van der Waals surface area contributed by atoms with Crippen molar-refractivity contribution in [3.05, 3.63) is 59.7 Å². The molecule has 0 bridgehead atoms. The first-order chi connectivity index (χ1) is 11.2. The van der Waals surface area contributed by atoms with Crippen molar-refractivity contribution >= 4 is 22.9 Å². The minimum atomic E-state index is -0.350. The largest absolute Gasteiger partial charge is 0.463 e. The number of aromatic nitrogens is 1. The normalized spacial score (nSPS) is 11.2. The van der Waals surface area contributed by atoms with Gasteiger partial charge in [0.1, 0.15) is 5.52 Å². The van der Waals surface area contributed by atoms with Gasteiger partial charge in [-0.2, -0.15) is 0 Å². The van der Waals surface area contributed by atoms with Crippen molar-refractivity contribution in [3.63, 3.8) is 0 Å². The van der Waals surface area contributed by atoms with Crippen LogP contribution in [0.4, 0.5) is 0 Å². The first kappa shape index (κ1) is 15.0. The summed E-state index contributed by atoms with van der Waals surface area (Å²) in [6.07, 6.45) is 3.15. The third-order valence-corrected chi connectivity index (χ3v) is 3.51. The summed E-state index contributed by atoms with van der Waals surface area (Å²) in [5.41, 5.74) is 3.84. The zero-order chi connectivity index (χ0) is 16.2. The lowest BCUT2D eigenvalue weighted by atomic mass is 10.0. The summed E-state index contributed by atoms with van der Waals surface area (Å²) in [5, 5.41) is 5.01. The number of nitrogens with zero attached hydrogens (tertiary/aromatic N) is 1. The molecule has 0 saturated heterocycles. The van der Waals surface area contributed by atoms with Crippen LogP contribution in [-0.4, -0.2) is 17.7 Å². The van der Waals surface area contributed by atoms with Crippen LogP contribution in [0.5, 0.6) is 0 Å². The molecule has 1 heterocycles. The van der Waals surface area contributed by atoms with Crippen molar-refractivity contribution < 1.29 is 14.1 Å². The number of hydrogen-bond acceptors (Lipinski definition) is 4. The molecule has 0 spiro atoms. The fraction of sp³-hybridized carbons (Fsp3) is 0.158. The van der Waals surface area contributed by atoms with Crippen molar-refractivity contribution in [3.8, 4) is 11.3 Å². The van der Waals surface area contributed by atoms with Gasteiger partial charge in [0.2, 0.25) is 0 Å². The van der Waals surface area contributed by atoms with Crippen LogP contribution in [0.2, 0.25) is 0 Å². The van der Waals surface area contributed by atoms with Crippen molar-refractivity contribution in [1.82, 2.24) is 5.16 Å². The van der Waals surface area contributed by atoms with E-state index in [2.05, 4.69) is 5.16 Å². The maximum atomic E-state index is 11.4. The van der Waals surface area contributed by atoms with Crippen LogP contribution in [0.1, 0.15) is 18.1 Å². The standard InChI is InChI=1S/C19H17NO3/c1-3-22-18(21)11-7-14-6-10-17-16(12-14)19(23-20-17)15-8-4-13(2)5-9-15/h4-12H,3H2,1-2H3/b11-7+. The Morgan fingerprint density at radius 2 is 2.00 bits per heavy atom. The fourth-order valence-corrected chi connectivity index (χ4v) is 2.33. The predicted molar refractivity (Wildman–Crippen MR) is 89.8 cm³/mol. The molecule has 3 rings (SSSR count). The molecule has 0 fully saturated rings. The van der Waals surface area contributed by atoms with Crippen molar-refractivity contribution in [2.75, 3.05) is 6.61 Å². The summed E-state index contributed by atoms with van der Waals surface area (Å²) < 4.78 is 10.4. The van der Waals surface area contributed by atoms with Crippen LogP contribution in [0.25, 0.3) is 28.3 Å². The van der Waals surface area contributed by atoms with Gasteiger partial charge in [-0.05, 0) is 37.6 Å². The minimum Gasteiger partial charge on any atom is -0.463 e. The third-order valence-electron chi connectivity index (χ3n) is 3.51. The summed E-state index contributed by atoms with van der Waals surface area (Å²) in [6.45, 7) is 4.19. The molecule has 0 aliphatic carbocycles. The van der Waals surface area contributed by atoms with Crippen molar-refractivity contribution in [2.24, 2.45) is 0 Å². The Bertz CT molecular complexity index is 860. The maximum absolute atomic E-state index is 11.4. The van der Waals surface area contributed by atoms with Gasteiger partial charge in [0.05, 0.1) is 12.0 Å². The Kier molecular flexibility index (Phi) is 4.24. The van der Waals surface area contributed by atoms with Crippen molar-refractivity contribution in [2.45, 2.75) is 13.8 Å². The number of benzene rings is 2. The van der Waals surface area contributed by atoms with Gasteiger partial charge in [-0.25, -0.2) is 4.79 Å². The highest BCUT2D eigenvalue weighted by Gasteiger charge is 2.10. The molecule has 0 N–H and O–H groups in total. The summed E-state index contributed by atoms with van der Waals surface area (Å²) in [4.78, 5) is 11.4. The second kappa shape index (κ2) is 6.48. The molecule has 116 valence electrons. The van der Waals surface area contributed by atoms with Gasteiger partial charge >= 0.3 is 5.97 Å². The Hall–Kier alpha value is -2.88. The number of fused-ring (bicyclic) bond motifs is 1. The van der Waals surface area contributed by atoms with E-state index in [9.17, 15) is 4.79 Å². The molecule has 0 aliphatic rings. The van der Waals surface area contributed by atoms with Gasteiger partial charge in [0.15, 0.2) is 5.76 Å². The molecule has 2 aromatic carbocycles. The molecule has 3 aromatic rings. The second-order valence-corrected chi connectivity index (χ2v) is 5.24. The average molecular weight is 307 g/mol. The van der Waals surface area contributed by atoms with Gasteiger partial charge in [-0.1, -0.05) is 41.1 Å². The van der Waals surface area contributed by atoms with Crippen LogP contribution >= 0.6 is 0 Å².